The Morgan fingerprint density at radius 2 is 1.95 bits per heavy atom. The normalized spacial score (nSPS) is 20.3. The van der Waals surface area contributed by atoms with Crippen molar-refractivity contribution in [1.82, 2.24) is 9.47 Å². The van der Waals surface area contributed by atoms with Crippen molar-refractivity contribution < 1.29 is 9.59 Å². The minimum atomic E-state index is -0.0161. The molecule has 4 nitrogen and oxygen atoms in total. The summed E-state index contributed by atoms with van der Waals surface area (Å²) in [7, 11) is 0. The lowest BCUT2D eigenvalue weighted by atomic mass is 9.84. The number of aromatic nitrogens is 1. The van der Waals surface area contributed by atoms with Crippen molar-refractivity contribution in [2.45, 2.75) is 19.8 Å². The van der Waals surface area contributed by atoms with Gasteiger partial charge in [0.05, 0.1) is 11.2 Å². The maximum Gasteiger partial charge on any atom is 0.227 e. The van der Waals surface area contributed by atoms with Gasteiger partial charge in [0.15, 0.2) is 5.78 Å². The fraction of sp³-hybridized carbons (Fsp3) is 0.333. The van der Waals surface area contributed by atoms with Gasteiger partial charge in [0.2, 0.25) is 5.91 Å². The van der Waals surface area contributed by atoms with Crippen molar-refractivity contribution in [3.8, 4) is 0 Å². The zero-order valence-electron chi connectivity index (χ0n) is 12.6. The van der Waals surface area contributed by atoms with E-state index in [0.29, 0.717) is 0 Å². The predicted molar refractivity (Wildman–Crippen MR) is 85.5 cm³/mol. The Labute approximate surface area is 129 Å². The average Bonchev–Trinajstić information content (AvgIpc) is 2.90. The second kappa shape index (κ2) is 4.83. The zero-order chi connectivity index (χ0) is 15.3. The average molecular weight is 294 g/mol. The summed E-state index contributed by atoms with van der Waals surface area (Å²) in [4.78, 5) is 26.5. The Morgan fingerprint density at radius 1 is 1.23 bits per heavy atom. The molecule has 0 radical (unpaired) electrons. The highest BCUT2D eigenvalue weighted by molar-refractivity contribution is 6.05. The smallest absolute Gasteiger partial charge is 0.227 e. The fourth-order valence-electron chi connectivity index (χ4n) is 3.64. The molecule has 4 heteroatoms. The van der Waals surface area contributed by atoms with Crippen LogP contribution in [0, 0.1) is 5.92 Å². The lowest BCUT2D eigenvalue weighted by Gasteiger charge is -2.41. The molecule has 3 aliphatic heterocycles. The minimum absolute atomic E-state index is 0.0161. The van der Waals surface area contributed by atoms with Crippen molar-refractivity contribution in [3.63, 3.8) is 0 Å². The number of hydrogen-bond donors (Lipinski definition) is 0. The van der Waals surface area contributed by atoms with E-state index >= 15 is 0 Å². The summed E-state index contributed by atoms with van der Waals surface area (Å²) in [6, 6.07) is 7.83. The monoisotopic (exact) mass is 294 g/mol. The first kappa shape index (κ1) is 13.3. The largest absolute Gasteiger partial charge is 0.369 e. The SMILES string of the molecule is CC(=O)n1cc(/C=C2/C(=O)C3CCN2CC3)c2ccccc21. The molecular formula is C18H18N2O2. The standard InChI is InChI=1S/C18H18N2O2/c1-12(21)20-11-14(15-4-2-3-5-16(15)20)10-17-18(22)13-6-8-19(17)9-7-13/h2-5,10-11,13H,6-9H2,1H3/b17-10-. The van der Waals surface area contributed by atoms with Crippen LogP contribution in [0.2, 0.25) is 0 Å². The van der Waals surface area contributed by atoms with Gasteiger partial charge in [-0.05, 0) is 25.0 Å². The first-order chi connectivity index (χ1) is 10.6. The molecule has 0 aliphatic carbocycles. The summed E-state index contributed by atoms with van der Waals surface area (Å²) in [5.74, 6) is 0.437. The molecule has 0 N–H and O–H groups in total. The first-order valence-corrected chi connectivity index (χ1v) is 7.77. The van der Waals surface area contributed by atoms with Gasteiger partial charge in [-0.1, -0.05) is 18.2 Å². The maximum atomic E-state index is 12.5. The molecule has 2 bridgehead atoms. The van der Waals surface area contributed by atoms with Crippen molar-refractivity contribution in [3.05, 3.63) is 41.7 Å². The van der Waals surface area contributed by atoms with E-state index in [2.05, 4.69) is 4.90 Å². The molecule has 5 rings (SSSR count). The third-order valence-electron chi connectivity index (χ3n) is 4.83. The van der Waals surface area contributed by atoms with Crippen molar-refractivity contribution >= 4 is 28.7 Å². The number of carbonyl (C=O) groups is 2. The Balaban J connectivity index is 1.87. The number of hydrogen-bond acceptors (Lipinski definition) is 3. The molecule has 1 aromatic carbocycles. The molecule has 22 heavy (non-hydrogen) atoms. The topological polar surface area (TPSA) is 42.3 Å². The molecule has 2 aromatic rings. The third kappa shape index (κ3) is 1.90. The molecule has 3 saturated heterocycles. The lowest BCUT2D eigenvalue weighted by molar-refractivity contribution is -0.125. The van der Waals surface area contributed by atoms with Gasteiger partial charge < -0.3 is 4.90 Å². The quantitative estimate of drug-likeness (QED) is 0.759. The van der Waals surface area contributed by atoms with Crippen LogP contribution in [-0.2, 0) is 4.79 Å². The predicted octanol–water partition coefficient (Wildman–Crippen LogP) is 2.94. The number of carbonyl (C=O) groups excluding carboxylic acids is 2. The zero-order valence-corrected chi connectivity index (χ0v) is 12.6. The van der Waals surface area contributed by atoms with Crippen LogP contribution in [0.15, 0.2) is 36.2 Å². The Hall–Kier alpha value is -2.36. The van der Waals surface area contributed by atoms with Gasteiger partial charge in [0.1, 0.15) is 0 Å². The number of allylic oxidation sites excluding steroid dienone is 1. The molecule has 0 saturated carbocycles. The van der Waals surface area contributed by atoms with E-state index in [0.717, 1.165) is 48.1 Å². The number of piperidine rings is 3. The highest BCUT2D eigenvalue weighted by Crippen LogP contribution is 2.33. The van der Waals surface area contributed by atoms with Crippen molar-refractivity contribution in [2.24, 2.45) is 5.92 Å². The summed E-state index contributed by atoms with van der Waals surface area (Å²) >= 11 is 0. The summed E-state index contributed by atoms with van der Waals surface area (Å²) in [6.45, 7) is 3.49. The van der Waals surface area contributed by atoms with Crippen LogP contribution in [0.25, 0.3) is 17.0 Å². The van der Waals surface area contributed by atoms with Crippen molar-refractivity contribution in [1.29, 1.82) is 0 Å². The number of nitrogens with zero attached hydrogens (tertiary/aromatic N) is 2. The minimum Gasteiger partial charge on any atom is -0.369 e. The van der Waals surface area contributed by atoms with Crippen molar-refractivity contribution in [2.75, 3.05) is 13.1 Å². The highest BCUT2D eigenvalue weighted by Gasteiger charge is 2.36. The second-order valence-corrected chi connectivity index (χ2v) is 6.15. The molecule has 112 valence electrons. The molecular weight excluding hydrogens is 276 g/mol. The molecule has 3 fully saturated rings. The van der Waals surface area contributed by atoms with Crippen LogP contribution in [0.1, 0.15) is 30.1 Å². The van der Waals surface area contributed by atoms with E-state index in [1.54, 1.807) is 11.5 Å². The van der Waals surface area contributed by atoms with Crippen LogP contribution >= 0.6 is 0 Å². The van der Waals surface area contributed by atoms with Crippen LogP contribution in [0.4, 0.5) is 0 Å². The summed E-state index contributed by atoms with van der Waals surface area (Å²) < 4.78 is 1.66. The molecule has 0 atom stereocenters. The van der Waals surface area contributed by atoms with Gasteiger partial charge in [0.25, 0.3) is 0 Å². The van der Waals surface area contributed by atoms with Crippen LogP contribution < -0.4 is 0 Å². The number of fused-ring (bicyclic) bond motifs is 4. The van der Waals surface area contributed by atoms with Gasteiger partial charge >= 0.3 is 0 Å². The summed E-state index contributed by atoms with van der Waals surface area (Å²) in [6.07, 6.45) is 5.77. The molecule has 0 unspecified atom stereocenters. The van der Waals surface area contributed by atoms with E-state index in [9.17, 15) is 9.59 Å². The number of benzene rings is 1. The van der Waals surface area contributed by atoms with Crippen LogP contribution in [0.3, 0.4) is 0 Å². The van der Waals surface area contributed by atoms with Gasteiger partial charge in [-0.15, -0.1) is 0 Å². The highest BCUT2D eigenvalue weighted by atomic mass is 16.1. The maximum absolute atomic E-state index is 12.5. The second-order valence-electron chi connectivity index (χ2n) is 6.15. The van der Waals surface area contributed by atoms with Gasteiger partial charge in [0, 0.05) is 43.1 Å². The molecule has 1 aromatic heterocycles. The van der Waals surface area contributed by atoms with E-state index in [1.807, 2.05) is 36.5 Å². The number of rotatable bonds is 1. The van der Waals surface area contributed by atoms with E-state index in [4.69, 9.17) is 0 Å². The Morgan fingerprint density at radius 3 is 2.64 bits per heavy atom. The third-order valence-corrected chi connectivity index (χ3v) is 4.83. The summed E-state index contributed by atoms with van der Waals surface area (Å²) in [5, 5.41) is 1.01. The van der Waals surface area contributed by atoms with Gasteiger partial charge in [-0.3, -0.25) is 14.2 Å². The molecule has 3 aliphatic rings. The first-order valence-electron chi connectivity index (χ1n) is 7.77. The number of Topliss-reactive ketones (excluding diaryl/α,β-unsaturated/α-hetero) is 1. The summed E-state index contributed by atoms with van der Waals surface area (Å²) in [5.41, 5.74) is 2.65. The van der Waals surface area contributed by atoms with E-state index < -0.39 is 0 Å². The molecule has 0 spiro atoms. The van der Waals surface area contributed by atoms with Crippen LogP contribution in [-0.4, -0.2) is 34.2 Å². The Bertz CT molecular complexity index is 808. The van der Waals surface area contributed by atoms with E-state index in [-0.39, 0.29) is 17.6 Å². The fourth-order valence-corrected chi connectivity index (χ4v) is 3.64. The van der Waals surface area contributed by atoms with E-state index in [1.165, 1.54) is 0 Å². The number of ketones is 1. The molecule has 0 amide bonds. The number of para-hydroxylation sites is 1. The Kier molecular flexibility index (Phi) is 2.93. The van der Waals surface area contributed by atoms with Gasteiger partial charge in [-0.25, -0.2) is 0 Å². The lowest BCUT2D eigenvalue weighted by Crippen LogP contribution is -2.45. The van der Waals surface area contributed by atoms with Gasteiger partial charge in [-0.2, -0.15) is 0 Å². The molecule has 4 heterocycles. The van der Waals surface area contributed by atoms with Crippen LogP contribution in [0.5, 0.6) is 0 Å².